The van der Waals surface area contributed by atoms with Crippen molar-refractivity contribution in [2.75, 3.05) is 0 Å². The molecule has 8 nitrogen and oxygen atoms in total. The van der Waals surface area contributed by atoms with Crippen LogP contribution in [0.3, 0.4) is 0 Å². The number of aromatic nitrogens is 3. The average Bonchev–Trinajstić information content (AvgIpc) is 3.95. The van der Waals surface area contributed by atoms with Gasteiger partial charge in [0.1, 0.15) is 6.07 Å². The van der Waals surface area contributed by atoms with E-state index < -0.39 is 0 Å². The Labute approximate surface area is 426 Å². The summed E-state index contributed by atoms with van der Waals surface area (Å²) in [5.74, 6) is 0. The SMILES string of the molecule is Cc1cc(-c2cc(-n3c4cc(-c5ccccc5C#N)ccc4c4ccc(-c5ccccc5C#N)cc43)c(C#N)cc2-n2c3cc(-c4ccccc4C#N)ccc3c3ccc(-c4ccccc4C#N)cc32)cc(C)n1. The van der Waals surface area contributed by atoms with Crippen molar-refractivity contribution >= 4 is 43.6 Å². The van der Waals surface area contributed by atoms with Gasteiger partial charge in [-0.3, -0.25) is 4.98 Å². The molecule has 0 saturated carbocycles. The molecule has 12 aromatic rings. The van der Waals surface area contributed by atoms with Crippen molar-refractivity contribution < 1.29 is 0 Å². The van der Waals surface area contributed by atoms with E-state index in [1.165, 1.54) is 0 Å². The molecule has 0 bridgehead atoms. The van der Waals surface area contributed by atoms with Gasteiger partial charge in [-0.25, -0.2) is 0 Å². The third-order valence-corrected chi connectivity index (χ3v) is 14.1. The van der Waals surface area contributed by atoms with Crippen molar-refractivity contribution in [1.82, 2.24) is 14.1 Å². The van der Waals surface area contributed by atoms with E-state index in [2.05, 4.69) is 118 Å². The van der Waals surface area contributed by atoms with Crippen molar-refractivity contribution in [3.63, 3.8) is 0 Å². The lowest BCUT2D eigenvalue weighted by Crippen LogP contribution is -2.05. The maximum atomic E-state index is 11.6. The van der Waals surface area contributed by atoms with Crippen LogP contribution >= 0.6 is 0 Å². The van der Waals surface area contributed by atoms with Crippen LogP contribution in [-0.2, 0) is 0 Å². The summed E-state index contributed by atoms with van der Waals surface area (Å²) >= 11 is 0. The number of nitrogens with zero attached hydrogens (tertiary/aromatic N) is 8. The van der Waals surface area contributed by atoms with E-state index in [1.54, 1.807) is 0 Å². The topological polar surface area (TPSA) is 142 Å². The fraction of sp³-hybridized carbons (Fsp3) is 0.0303. The first-order chi connectivity index (χ1) is 36.3. The number of aryl methyl sites for hydroxylation is 2. The van der Waals surface area contributed by atoms with Gasteiger partial charge in [0.25, 0.3) is 0 Å². The predicted molar refractivity (Wildman–Crippen MR) is 293 cm³/mol. The molecule has 0 radical (unpaired) electrons. The highest BCUT2D eigenvalue weighted by atomic mass is 15.0. The second-order valence-electron chi connectivity index (χ2n) is 18.4. The molecule has 0 aliphatic heterocycles. The Morgan fingerprint density at radius 3 is 0.932 bits per heavy atom. The summed E-state index contributed by atoms with van der Waals surface area (Å²) in [5, 5.41) is 56.5. The first-order valence-electron chi connectivity index (χ1n) is 24.0. The van der Waals surface area contributed by atoms with Gasteiger partial charge in [-0.05, 0) is 137 Å². The van der Waals surface area contributed by atoms with Crippen LogP contribution in [-0.4, -0.2) is 14.1 Å². The van der Waals surface area contributed by atoms with Crippen LogP contribution in [0.5, 0.6) is 0 Å². The van der Waals surface area contributed by atoms with Crippen molar-refractivity contribution in [2.24, 2.45) is 0 Å². The zero-order chi connectivity index (χ0) is 50.6. The molecule has 0 N–H and O–H groups in total. The molecule has 0 aliphatic carbocycles. The summed E-state index contributed by atoms with van der Waals surface area (Å²) in [6.07, 6.45) is 0. The third-order valence-electron chi connectivity index (χ3n) is 14.1. The lowest BCUT2D eigenvalue weighted by atomic mass is 9.97. The van der Waals surface area contributed by atoms with Gasteiger partial charge < -0.3 is 9.13 Å². The molecule has 0 unspecified atom stereocenters. The van der Waals surface area contributed by atoms with Crippen LogP contribution in [0.25, 0.3) is 111 Å². The lowest BCUT2D eigenvalue weighted by molar-refractivity contribution is 1.11. The number of nitriles is 5. The predicted octanol–water partition coefficient (Wildman–Crippen LogP) is 15.6. The number of hydrogen-bond donors (Lipinski definition) is 0. The second-order valence-corrected chi connectivity index (χ2v) is 18.4. The molecule has 0 fully saturated rings. The molecular weight excluding hydrogens is 905 g/mol. The Morgan fingerprint density at radius 2 is 0.608 bits per heavy atom. The minimum atomic E-state index is 0.391. The second kappa shape index (κ2) is 17.9. The van der Waals surface area contributed by atoms with Gasteiger partial charge in [0, 0.05) is 38.5 Å². The van der Waals surface area contributed by atoms with E-state index in [9.17, 15) is 26.3 Å². The maximum Gasteiger partial charge on any atom is 0.101 e. The monoisotopic (exact) mass is 942 g/mol. The van der Waals surface area contributed by atoms with Crippen molar-refractivity contribution in [1.29, 1.82) is 26.3 Å². The van der Waals surface area contributed by atoms with Gasteiger partial charge in [0.15, 0.2) is 0 Å². The molecule has 3 aromatic heterocycles. The van der Waals surface area contributed by atoms with Gasteiger partial charge in [0.2, 0.25) is 0 Å². The Balaban J connectivity index is 1.22. The minimum absolute atomic E-state index is 0.391. The largest absolute Gasteiger partial charge is 0.309 e. The van der Waals surface area contributed by atoms with E-state index in [0.717, 1.165) is 116 Å². The zero-order valence-corrected chi connectivity index (χ0v) is 40.1. The smallest absolute Gasteiger partial charge is 0.101 e. The summed E-state index contributed by atoms with van der Waals surface area (Å²) in [6, 6.07) is 75.6. The molecule has 3 heterocycles. The molecule has 0 saturated heterocycles. The first-order valence-corrected chi connectivity index (χ1v) is 24.0. The lowest BCUT2D eigenvalue weighted by Gasteiger charge is -2.20. The van der Waals surface area contributed by atoms with Gasteiger partial charge in [-0.15, -0.1) is 0 Å². The average molecular weight is 943 g/mol. The molecule has 0 aliphatic rings. The van der Waals surface area contributed by atoms with Crippen molar-refractivity contribution in [3.05, 3.63) is 233 Å². The summed E-state index contributed by atoms with van der Waals surface area (Å²) in [5.41, 5.74) is 17.2. The molecule has 0 amide bonds. The van der Waals surface area contributed by atoms with Crippen molar-refractivity contribution in [3.8, 4) is 97.4 Å². The minimum Gasteiger partial charge on any atom is -0.309 e. The third kappa shape index (κ3) is 7.22. The number of fused-ring (bicyclic) bond motifs is 6. The number of hydrogen-bond acceptors (Lipinski definition) is 6. The number of rotatable bonds is 7. The summed E-state index contributed by atoms with van der Waals surface area (Å²) in [6.45, 7) is 3.96. The van der Waals surface area contributed by atoms with Gasteiger partial charge in [-0.2, -0.15) is 26.3 Å². The number of pyridine rings is 1. The molecule has 12 rings (SSSR count). The van der Waals surface area contributed by atoms with E-state index in [-0.39, 0.29) is 0 Å². The zero-order valence-electron chi connectivity index (χ0n) is 40.1. The standard InChI is InChI=1S/C66H38N8/c1-40-27-50(28-41(2)72-40)60-34-61(73-62-29-42(52-15-7-3-11-46(52)35-67)19-23-56(62)57-24-20-43(30-63(57)73)53-16-8-4-12-47(53)36-68)51(39-71)33-66(60)74-64-31-44(54-17-9-5-13-48(54)37-69)21-25-58(64)59-26-22-45(32-65(59)74)55-18-10-6-14-49(55)38-70/h3-34H,1-2H3. The van der Waals surface area contributed by atoms with Crippen LogP contribution in [0.1, 0.15) is 39.2 Å². The van der Waals surface area contributed by atoms with E-state index >= 15 is 0 Å². The summed E-state index contributed by atoms with van der Waals surface area (Å²) in [4.78, 5) is 4.81. The van der Waals surface area contributed by atoms with Crippen molar-refractivity contribution in [2.45, 2.75) is 13.8 Å². The quantitative estimate of drug-likeness (QED) is 0.156. The first kappa shape index (κ1) is 44.4. The summed E-state index contributed by atoms with van der Waals surface area (Å²) in [7, 11) is 0. The Hall–Kier alpha value is -10.8. The normalized spacial score (nSPS) is 11.0. The molecule has 0 spiro atoms. The molecule has 8 heteroatoms. The summed E-state index contributed by atoms with van der Waals surface area (Å²) < 4.78 is 4.36. The highest BCUT2D eigenvalue weighted by Crippen LogP contribution is 2.44. The van der Waals surface area contributed by atoms with E-state index in [0.29, 0.717) is 33.5 Å². The molecule has 0 atom stereocenters. The molecule has 74 heavy (non-hydrogen) atoms. The Morgan fingerprint density at radius 1 is 0.297 bits per heavy atom. The fourth-order valence-corrected chi connectivity index (χ4v) is 10.8. The van der Waals surface area contributed by atoms with Crippen LogP contribution in [0, 0.1) is 70.5 Å². The van der Waals surface area contributed by atoms with Gasteiger partial charge in [-0.1, -0.05) is 121 Å². The maximum absolute atomic E-state index is 11.6. The van der Waals surface area contributed by atoms with Crippen LogP contribution in [0.4, 0.5) is 0 Å². The molecule has 342 valence electrons. The van der Waals surface area contributed by atoms with Gasteiger partial charge in [0.05, 0.1) is 85.5 Å². The molecule has 9 aromatic carbocycles. The van der Waals surface area contributed by atoms with E-state index in [4.69, 9.17) is 4.98 Å². The Kier molecular flexibility index (Phi) is 10.7. The van der Waals surface area contributed by atoms with Gasteiger partial charge >= 0.3 is 0 Å². The molecular formula is C66H38N8. The van der Waals surface area contributed by atoms with E-state index in [1.807, 2.05) is 129 Å². The fourth-order valence-electron chi connectivity index (χ4n) is 10.8. The van der Waals surface area contributed by atoms with Crippen LogP contribution in [0.15, 0.2) is 194 Å². The van der Waals surface area contributed by atoms with Crippen LogP contribution < -0.4 is 0 Å². The highest BCUT2D eigenvalue weighted by Gasteiger charge is 2.24. The van der Waals surface area contributed by atoms with Crippen LogP contribution in [0.2, 0.25) is 0 Å². The highest BCUT2D eigenvalue weighted by molar-refractivity contribution is 6.13. The Bertz CT molecular complexity index is 4340. The number of benzene rings is 9.